The lowest BCUT2D eigenvalue weighted by molar-refractivity contribution is 0.0862. The summed E-state index contributed by atoms with van der Waals surface area (Å²) < 4.78 is 0. The molecule has 0 aliphatic rings. The van der Waals surface area contributed by atoms with Crippen LogP contribution in [0.1, 0.15) is 22.8 Å². The van der Waals surface area contributed by atoms with Crippen LogP contribution in [0.2, 0.25) is 10.0 Å². The summed E-state index contributed by atoms with van der Waals surface area (Å²) in [4.78, 5) is 14.5. The van der Waals surface area contributed by atoms with E-state index in [0.29, 0.717) is 22.2 Å². The van der Waals surface area contributed by atoms with E-state index in [-0.39, 0.29) is 11.8 Å². The van der Waals surface area contributed by atoms with Gasteiger partial charge in [0.1, 0.15) is 0 Å². The van der Waals surface area contributed by atoms with E-state index in [4.69, 9.17) is 23.2 Å². The fourth-order valence-electron chi connectivity index (χ4n) is 2.12. The van der Waals surface area contributed by atoms with Crippen LogP contribution in [0, 0.1) is 0 Å². The summed E-state index contributed by atoms with van der Waals surface area (Å²) in [5.41, 5.74) is 1.63. The molecule has 2 aromatic carbocycles. The van der Waals surface area contributed by atoms with Crippen LogP contribution in [-0.2, 0) is 6.54 Å². The van der Waals surface area contributed by atoms with Crippen molar-refractivity contribution in [2.75, 3.05) is 7.05 Å². The Labute approximate surface area is 135 Å². The molecule has 0 saturated heterocycles. The lowest BCUT2D eigenvalue weighted by atomic mass is 10.0. The van der Waals surface area contributed by atoms with Crippen molar-refractivity contribution in [3.63, 3.8) is 0 Å². The number of rotatable bonds is 5. The third-order valence-corrected chi connectivity index (χ3v) is 4.13. The molecule has 0 saturated carbocycles. The average molecular weight is 322 g/mol. The molecular formula is C17H17Cl2NO. The number of likely N-dealkylation sites (N-methyl/N-ethyl adjacent to an activating group) is 1. The lowest BCUT2D eigenvalue weighted by Crippen LogP contribution is -2.35. The van der Waals surface area contributed by atoms with Gasteiger partial charge in [0.15, 0.2) is 5.78 Å². The highest BCUT2D eigenvalue weighted by Crippen LogP contribution is 2.19. The fourth-order valence-corrected chi connectivity index (χ4v) is 2.50. The first-order valence-corrected chi connectivity index (χ1v) is 7.48. The summed E-state index contributed by atoms with van der Waals surface area (Å²) in [5.74, 6) is 0.0482. The molecule has 0 aromatic heterocycles. The quantitative estimate of drug-likeness (QED) is 0.744. The van der Waals surface area contributed by atoms with Gasteiger partial charge in [0.2, 0.25) is 0 Å². The molecule has 0 heterocycles. The van der Waals surface area contributed by atoms with E-state index in [1.54, 1.807) is 24.3 Å². The van der Waals surface area contributed by atoms with E-state index >= 15 is 0 Å². The van der Waals surface area contributed by atoms with Gasteiger partial charge in [-0.25, -0.2) is 0 Å². The highest BCUT2D eigenvalue weighted by molar-refractivity contribution is 6.31. The Morgan fingerprint density at radius 1 is 1.14 bits per heavy atom. The summed E-state index contributed by atoms with van der Waals surface area (Å²) in [6.07, 6.45) is 0. The van der Waals surface area contributed by atoms with Crippen molar-refractivity contribution in [3.05, 3.63) is 69.7 Å². The highest BCUT2D eigenvalue weighted by atomic mass is 35.5. The van der Waals surface area contributed by atoms with Crippen molar-refractivity contribution in [1.29, 1.82) is 0 Å². The number of halogens is 2. The van der Waals surface area contributed by atoms with Gasteiger partial charge in [-0.2, -0.15) is 0 Å². The van der Waals surface area contributed by atoms with Crippen molar-refractivity contribution in [2.24, 2.45) is 0 Å². The van der Waals surface area contributed by atoms with Gasteiger partial charge in [0.25, 0.3) is 0 Å². The van der Waals surface area contributed by atoms with Gasteiger partial charge in [0, 0.05) is 22.2 Å². The molecule has 0 aliphatic carbocycles. The summed E-state index contributed by atoms with van der Waals surface area (Å²) in [7, 11) is 1.91. The van der Waals surface area contributed by atoms with E-state index in [1.165, 1.54) is 0 Å². The Bertz CT molecular complexity index is 642. The molecule has 2 aromatic rings. The zero-order chi connectivity index (χ0) is 15.4. The predicted molar refractivity (Wildman–Crippen MR) is 88.2 cm³/mol. The molecule has 0 fully saturated rings. The Hall–Kier alpha value is -1.35. The van der Waals surface area contributed by atoms with Gasteiger partial charge >= 0.3 is 0 Å². The molecule has 0 bridgehead atoms. The molecule has 1 unspecified atom stereocenters. The minimum absolute atomic E-state index is 0.0482. The molecule has 0 N–H and O–H groups in total. The first-order valence-electron chi connectivity index (χ1n) is 6.72. The molecule has 0 spiro atoms. The van der Waals surface area contributed by atoms with E-state index < -0.39 is 0 Å². The second-order valence-corrected chi connectivity index (χ2v) is 5.90. The van der Waals surface area contributed by atoms with Crippen LogP contribution in [0.3, 0.4) is 0 Å². The molecule has 0 aliphatic heterocycles. The number of Topliss-reactive ketones (excluding diaryl/α,β-unsaturated/α-hetero) is 1. The summed E-state index contributed by atoms with van der Waals surface area (Å²) >= 11 is 12.1. The normalized spacial score (nSPS) is 12.4. The van der Waals surface area contributed by atoms with Gasteiger partial charge < -0.3 is 0 Å². The van der Waals surface area contributed by atoms with Crippen LogP contribution >= 0.6 is 23.2 Å². The molecule has 2 nitrogen and oxygen atoms in total. The van der Waals surface area contributed by atoms with Crippen molar-refractivity contribution >= 4 is 29.0 Å². The van der Waals surface area contributed by atoms with E-state index in [1.807, 2.05) is 43.1 Å². The molecular weight excluding hydrogens is 305 g/mol. The van der Waals surface area contributed by atoms with Crippen molar-refractivity contribution in [2.45, 2.75) is 19.5 Å². The number of ketones is 1. The van der Waals surface area contributed by atoms with Crippen LogP contribution in [0.5, 0.6) is 0 Å². The Morgan fingerprint density at radius 3 is 2.52 bits per heavy atom. The zero-order valence-corrected chi connectivity index (χ0v) is 13.5. The Balaban J connectivity index is 2.10. The lowest BCUT2D eigenvalue weighted by Gasteiger charge is -2.24. The minimum atomic E-state index is -0.250. The van der Waals surface area contributed by atoms with E-state index in [2.05, 4.69) is 0 Å². The van der Waals surface area contributed by atoms with Gasteiger partial charge in [-0.15, -0.1) is 0 Å². The van der Waals surface area contributed by atoms with Crippen LogP contribution in [-0.4, -0.2) is 23.8 Å². The SMILES string of the molecule is CC(C(=O)c1cccc(Cl)c1)N(C)Cc1ccccc1Cl. The van der Waals surface area contributed by atoms with Crippen LogP contribution in [0.25, 0.3) is 0 Å². The number of hydrogen-bond donors (Lipinski definition) is 0. The first kappa shape index (κ1) is 16.0. The molecule has 21 heavy (non-hydrogen) atoms. The second kappa shape index (κ2) is 7.08. The Morgan fingerprint density at radius 2 is 1.86 bits per heavy atom. The smallest absolute Gasteiger partial charge is 0.179 e. The largest absolute Gasteiger partial charge is 0.292 e. The van der Waals surface area contributed by atoms with Crippen LogP contribution in [0.15, 0.2) is 48.5 Å². The number of carbonyl (C=O) groups excluding carboxylic acids is 1. The van der Waals surface area contributed by atoms with Crippen molar-refractivity contribution in [1.82, 2.24) is 4.90 Å². The fraction of sp³-hybridized carbons (Fsp3) is 0.235. The number of carbonyl (C=O) groups is 1. The maximum Gasteiger partial charge on any atom is 0.179 e. The van der Waals surface area contributed by atoms with Gasteiger partial charge in [-0.05, 0) is 37.7 Å². The Kier molecular flexibility index (Phi) is 5.40. The second-order valence-electron chi connectivity index (χ2n) is 5.06. The third kappa shape index (κ3) is 4.07. The summed E-state index contributed by atoms with van der Waals surface area (Å²) in [6, 6.07) is 14.4. The molecule has 4 heteroatoms. The number of benzene rings is 2. The summed E-state index contributed by atoms with van der Waals surface area (Å²) in [6.45, 7) is 2.51. The maximum atomic E-state index is 12.5. The minimum Gasteiger partial charge on any atom is -0.292 e. The first-order chi connectivity index (χ1) is 9.99. The average Bonchev–Trinajstić information content (AvgIpc) is 2.48. The van der Waals surface area contributed by atoms with Crippen LogP contribution < -0.4 is 0 Å². The monoisotopic (exact) mass is 321 g/mol. The number of hydrogen-bond acceptors (Lipinski definition) is 2. The van der Waals surface area contributed by atoms with Crippen molar-refractivity contribution in [3.8, 4) is 0 Å². The third-order valence-electron chi connectivity index (χ3n) is 3.53. The topological polar surface area (TPSA) is 20.3 Å². The van der Waals surface area contributed by atoms with Gasteiger partial charge in [-0.1, -0.05) is 53.5 Å². The number of nitrogens with zero attached hydrogens (tertiary/aromatic N) is 1. The molecule has 110 valence electrons. The highest BCUT2D eigenvalue weighted by Gasteiger charge is 2.20. The van der Waals surface area contributed by atoms with Crippen molar-refractivity contribution < 1.29 is 4.79 Å². The maximum absolute atomic E-state index is 12.5. The van der Waals surface area contributed by atoms with E-state index in [9.17, 15) is 4.79 Å². The standard InChI is InChI=1S/C17H17Cl2NO/c1-12(17(21)13-7-5-8-15(18)10-13)20(2)11-14-6-3-4-9-16(14)19/h3-10,12H,11H2,1-2H3. The van der Waals surface area contributed by atoms with Crippen LogP contribution in [0.4, 0.5) is 0 Å². The van der Waals surface area contributed by atoms with E-state index in [0.717, 1.165) is 5.56 Å². The molecule has 1 atom stereocenters. The molecule has 2 rings (SSSR count). The predicted octanol–water partition coefficient (Wildman–Crippen LogP) is 4.70. The molecule has 0 amide bonds. The summed E-state index contributed by atoms with van der Waals surface area (Å²) in [5, 5.41) is 1.29. The molecule has 0 radical (unpaired) electrons. The zero-order valence-electron chi connectivity index (χ0n) is 12.0. The van der Waals surface area contributed by atoms with Gasteiger partial charge in [-0.3, -0.25) is 9.69 Å². The van der Waals surface area contributed by atoms with Gasteiger partial charge in [0.05, 0.1) is 6.04 Å².